The number of ether oxygens (including phenoxy) is 1. The molecule has 0 bridgehead atoms. The number of carbonyl (C=O) groups excluding carboxylic acids is 5. The largest absolute Gasteiger partial charge is 0.387 e. The van der Waals surface area contributed by atoms with Crippen molar-refractivity contribution in [2.75, 3.05) is 30.8 Å². The molecule has 4 aliphatic rings. The van der Waals surface area contributed by atoms with Crippen molar-refractivity contribution in [2.45, 2.75) is 75.5 Å². The molecule has 2 aliphatic heterocycles. The molecule has 4 aromatic heterocycles. The molecule has 0 radical (unpaired) electrons. The van der Waals surface area contributed by atoms with E-state index in [9.17, 15) is 29.2 Å². The first kappa shape index (κ1) is 38.9. The van der Waals surface area contributed by atoms with Gasteiger partial charge in [0, 0.05) is 55.5 Å². The minimum atomic E-state index is -1.03. The molecule has 5 aromatic rings. The number of nitriles is 1. The predicted octanol–water partition coefficient (Wildman–Crippen LogP) is 4.28. The molecule has 2 aliphatic carbocycles. The lowest BCUT2D eigenvalue weighted by Gasteiger charge is -2.36. The van der Waals surface area contributed by atoms with E-state index in [4.69, 9.17) is 9.72 Å². The van der Waals surface area contributed by atoms with Crippen LogP contribution in [-0.4, -0.2) is 97.6 Å². The lowest BCUT2D eigenvalue weighted by atomic mass is 9.80. The second-order valence-corrected chi connectivity index (χ2v) is 16.6. The number of hydrogen-bond donors (Lipinski definition) is 4. The lowest BCUT2D eigenvalue weighted by Crippen LogP contribution is -2.54. The third-order valence-electron chi connectivity index (χ3n) is 11.9. The van der Waals surface area contributed by atoms with Gasteiger partial charge in [-0.1, -0.05) is 17.4 Å². The van der Waals surface area contributed by atoms with Crippen molar-refractivity contribution in [2.24, 2.45) is 5.92 Å². The molecule has 18 heteroatoms. The van der Waals surface area contributed by atoms with Crippen molar-refractivity contribution in [1.82, 2.24) is 40.3 Å². The molecule has 6 heterocycles. The van der Waals surface area contributed by atoms with E-state index < -0.39 is 29.7 Å². The molecule has 3 fully saturated rings. The number of imide groups is 2. The van der Waals surface area contributed by atoms with Gasteiger partial charge in [0.25, 0.3) is 11.8 Å². The van der Waals surface area contributed by atoms with Gasteiger partial charge in [0.1, 0.15) is 17.1 Å². The molecule has 1 aromatic carbocycles. The number of hydrogen-bond acceptors (Lipinski definition) is 14. The number of nitrogens with one attached hydrogen (secondary N) is 4. The van der Waals surface area contributed by atoms with Crippen LogP contribution in [0.1, 0.15) is 88.6 Å². The number of pyridine rings is 1. The van der Waals surface area contributed by atoms with Crippen LogP contribution in [0, 0.1) is 17.2 Å². The molecule has 2 saturated carbocycles. The Hall–Kier alpha value is -6.58. The summed E-state index contributed by atoms with van der Waals surface area (Å²) in [7, 11) is 1.86. The van der Waals surface area contributed by atoms with Gasteiger partial charge in [0.2, 0.25) is 17.7 Å². The molecule has 17 nitrogen and oxygen atoms in total. The van der Waals surface area contributed by atoms with Gasteiger partial charge < -0.3 is 20.7 Å². The lowest BCUT2D eigenvalue weighted by molar-refractivity contribution is -0.136. The SMILES string of the molecule is CNc1cc(-c2ccc3cc(C#N)cnn23)ncc1-c1nnc([C@H]2CC[C@@H](NC(=O)[C@H]3C[C@@H](OCCNc4cccc5c4C(=O)N(C4CCC(=O)NC4=O)C5=O)C3)CC2)s1. The number of carbonyl (C=O) groups is 5. The van der Waals surface area contributed by atoms with E-state index in [0.717, 1.165) is 68.8 Å². The van der Waals surface area contributed by atoms with Crippen LogP contribution in [0.15, 0.2) is 54.9 Å². The zero-order valence-electron chi connectivity index (χ0n) is 32.6. The fraction of sp³-hybridized carbons (Fsp3) is 0.381. The first-order valence-electron chi connectivity index (χ1n) is 20.1. The van der Waals surface area contributed by atoms with Crippen molar-refractivity contribution in [3.8, 4) is 28.0 Å². The van der Waals surface area contributed by atoms with Crippen LogP contribution in [0.5, 0.6) is 0 Å². The van der Waals surface area contributed by atoms with Crippen LogP contribution in [0.25, 0.3) is 27.5 Å². The van der Waals surface area contributed by atoms with Gasteiger partial charge in [0.05, 0.1) is 58.1 Å². The minimum absolute atomic E-state index is 0.0444. The van der Waals surface area contributed by atoms with Crippen LogP contribution in [0.2, 0.25) is 0 Å². The van der Waals surface area contributed by atoms with Crippen LogP contribution in [0.3, 0.4) is 0 Å². The fourth-order valence-electron chi connectivity index (χ4n) is 8.53. The molecule has 1 unspecified atom stereocenters. The Morgan fingerprint density at radius 2 is 1.82 bits per heavy atom. The van der Waals surface area contributed by atoms with Crippen LogP contribution >= 0.6 is 11.3 Å². The zero-order chi connectivity index (χ0) is 41.5. The Balaban J connectivity index is 0.715. The van der Waals surface area contributed by atoms with Crippen molar-refractivity contribution in [3.63, 3.8) is 0 Å². The van der Waals surface area contributed by atoms with E-state index in [1.807, 2.05) is 25.2 Å². The molecular formula is C42H41N11O6S. The first-order chi connectivity index (χ1) is 29.2. The maximum Gasteiger partial charge on any atom is 0.264 e. The number of piperidine rings is 1. The highest BCUT2D eigenvalue weighted by atomic mass is 32.1. The number of rotatable bonds is 12. The van der Waals surface area contributed by atoms with Crippen LogP contribution < -0.4 is 21.3 Å². The predicted molar refractivity (Wildman–Crippen MR) is 219 cm³/mol. The quantitative estimate of drug-likeness (QED) is 0.102. The summed E-state index contributed by atoms with van der Waals surface area (Å²) in [6.45, 7) is 0.713. The van der Waals surface area contributed by atoms with E-state index in [-0.39, 0.29) is 53.9 Å². The maximum absolute atomic E-state index is 13.3. The van der Waals surface area contributed by atoms with Gasteiger partial charge in [-0.15, -0.1) is 10.2 Å². The number of anilines is 2. The average molecular weight is 828 g/mol. The minimum Gasteiger partial charge on any atom is -0.387 e. The van der Waals surface area contributed by atoms with Gasteiger partial charge in [0.15, 0.2) is 5.01 Å². The van der Waals surface area contributed by atoms with Crippen molar-refractivity contribution in [3.05, 3.63) is 76.6 Å². The topological polar surface area (TPSA) is 226 Å². The molecule has 1 atom stereocenters. The summed E-state index contributed by atoms with van der Waals surface area (Å²) in [5.41, 5.74) is 5.47. The standard InChI is InChI=1S/C42H41N11O6S/c1-44-31-18-32(33-10-9-26-15-22(19-43)20-47-53(26)33)46-21-29(31)40-51-50-39(60-40)23-5-7-25(8-6-23)48-37(55)24-16-27(17-24)59-14-13-45-30-4-2-3-28-36(30)42(58)52(41(28)57)34-11-12-35(54)49-38(34)56/h2-4,9-10,15,18,20-21,23-25,27,34,45H,5-8,11-14,16-17H2,1H3,(H,44,46)(H,48,55)(H,49,54,56)/t23-,24-,25+,27+,34?. The Morgan fingerprint density at radius 1 is 0.983 bits per heavy atom. The summed E-state index contributed by atoms with van der Waals surface area (Å²) in [4.78, 5) is 69.3. The summed E-state index contributed by atoms with van der Waals surface area (Å²) in [5.74, 6) is -1.97. The second-order valence-electron chi connectivity index (χ2n) is 15.5. The molecular weight excluding hydrogens is 787 g/mol. The summed E-state index contributed by atoms with van der Waals surface area (Å²) >= 11 is 1.57. The van der Waals surface area contributed by atoms with E-state index in [2.05, 4.69) is 42.6 Å². The van der Waals surface area contributed by atoms with Crippen LogP contribution in [0.4, 0.5) is 11.4 Å². The van der Waals surface area contributed by atoms with Gasteiger partial charge >= 0.3 is 0 Å². The highest BCUT2D eigenvalue weighted by molar-refractivity contribution is 7.14. The molecule has 5 amide bonds. The molecule has 0 spiro atoms. The first-order valence-corrected chi connectivity index (χ1v) is 20.9. The van der Waals surface area contributed by atoms with Gasteiger partial charge in [-0.25, -0.2) is 4.52 Å². The Labute approximate surface area is 347 Å². The highest BCUT2D eigenvalue weighted by Crippen LogP contribution is 2.40. The van der Waals surface area contributed by atoms with Crippen molar-refractivity contribution in [1.29, 1.82) is 5.26 Å². The van der Waals surface area contributed by atoms with E-state index in [1.165, 1.54) is 6.20 Å². The number of fused-ring (bicyclic) bond motifs is 2. The van der Waals surface area contributed by atoms with Gasteiger partial charge in [-0.2, -0.15) is 10.4 Å². The van der Waals surface area contributed by atoms with E-state index in [1.54, 1.807) is 46.3 Å². The summed E-state index contributed by atoms with van der Waals surface area (Å²) in [6, 6.07) is 13.7. The Kier molecular flexibility index (Phi) is 10.5. The number of nitrogens with zero attached hydrogens (tertiary/aromatic N) is 7. The summed E-state index contributed by atoms with van der Waals surface area (Å²) in [6.07, 6.45) is 8.24. The Morgan fingerprint density at radius 3 is 2.60 bits per heavy atom. The van der Waals surface area contributed by atoms with Crippen LogP contribution in [-0.2, 0) is 19.1 Å². The average Bonchev–Trinajstić information content (AvgIpc) is 3.97. The summed E-state index contributed by atoms with van der Waals surface area (Å²) in [5, 5.41) is 36.5. The van der Waals surface area contributed by atoms with E-state index in [0.29, 0.717) is 37.2 Å². The van der Waals surface area contributed by atoms with E-state index >= 15 is 0 Å². The normalized spacial score (nSPS) is 22.5. The smallest absolute Gasteiger partial charge is 0.264 e. The molecule has 9 rings (SSSR count). The number of aromatic nitrogens is 5. The second kappa shape index (κ2) is 16.2. The van der Waals surface area contributed by atoms with Gasteiger partial charge in [-0.05, 0) is 81.3 Å². The molecule has 306 valence electrons. The summed E-state index contributed by atoms with van der Waals surface area (Å²) < 4.78 is 7.78. The molecule has 1 saturated heterocycles. The van der Waals surface area contributed by atoms with Crippen molar-refractivity contribution >= 4 is 57.8 Å². The molecule has 4 N–H and O–H groups in total. The monoisotopic (exact) mass is 827 g/mol. The Bertz CT molecular complexity index is 2590. The maximum atomic E-state index is 13.3. The number of benzene rings is 1. The molecule has 60 heavy (non-hydrogen) atoms. The van der Waals surface area contributed by atoms with Gasteiger partial charge in [-0.3, -0.25) is 39.2 Å². The number of amides is 5. The fourth-order valence-corrected chi connectivity index (χ4v) is 9.56. The highest BCUT2D eigenvalue weighted by Gasteiger charge is 2.45. The third kappa shape index (κ3) is 7.34. The van der Waals surface area contributed by atoms with Crippen molar-refractivity contribution < 1.29 is 28.7 Å². The third-order valence-corrected chi connectivity index (χ3v) is 13.0. The zero-order valence-corrected chi connectivity index (χ0v) is 33.5.